The smallest absolute Gasteiger partial charge is 0.123 e. The van der Waals surface area contributed by atoms with Gasteiger partial charge in [0.15, 0.2) is 0 Å². The van der Waals surface area contributed by atoms with Gasteiger partial charge in [-0.05, 0) is 46.6 Å². The molecule has 0 fully saturated rings. The van der Waals surface area contributed by atoms with E-state index in [9.17, 15) is 4.39 Å². The zero-order chi connectivity index (χ0) is 11.4. The van der Waals surface area contributed by atoms with Gasteiger partial charge < -0.3 is 5.32 Å². The molecule has 1 aromatic heterocycles. The second-order valence-electron chi connectivity index (χ2n) is 3.60. The van der Waals surface area contributed by atoms with Gasteiger partial charge in [0.1, 0.15) is 5.82 Å². The molecule has 0 radical (unpaired) electrons. The minimum absolute atomic E-state index is 0.164. The van der Waals surface area contributed by atoms with Gasteiger partial charge >= 0.3 is 0 Å². The Kier molecular flexibility index (Phi) is 3.70. The van der Waals surface area contributed by atoms with Crippen LogP contribution in [0.3, 0.4) is 0 Å². The Morgan fingerprint density at radius 3 is 2.50 bits per heavy atom. The molecule has 0 saturated heterocycles. The van der Waals surface area contributed by atoms with Crippen molar-refractivity contribution in [1.82, 2.24) is 5.32 Å². The largest absolute Gasteiger partial charge is 0.307 e. The van der Waals surface area contributed by atoms with Crippen LogP contribution in [0.4, 0.5) is 4.39 Å². The predicted molar refractivity (Wildman–Crippen MR) is 66.2 cm³/mol. The second-order valence-corrected chi connectivity index (χ2v) is 4.38. The molecule has 0 aliphatic carbocycles. The van der Waals surface area contributed by atoms with Gasteiger partial charge in [-0.1, -0.05) is 19.1 Å². The summed E-state index contributed by atoms with van der Waals surface area (Å²) in [6.07, 6.45) is 0. The Morgan fingerprint density at radius 2 is 1.94 bits per heavy atom. The molecular formula is C13H14FNS. The highest BCUT2D eigenvalue weighted by molar-refractivity contribution is 7.08. The summed E-state index contributed by atoms with van der Waals surface area (Å²) in [7, 11) is 0. The normalized spacial score (nSPS) is 12.6. The summed E-state index contributed by atoms with van der Waals surface area (Å²) in [5.41, 5.74) is 2.33. The zero-order valence-corrected chi connectivity index (χ0v) is 9.93. The van der Waals surface area contributed by atoms with Crippen LogP contribution < -0.4 is 5.32 Å². The van der Waals surface area contributed by atoms with E-state index < -0.39 is 0 Å². The quantitative estimate of drug-likeness (QED) is 0.854. The Balaban J connectivity index is 2.29. The summed E-state index contributed by atoms with van der Waals surface area (Å²) in [6.45, 7) is 2.96. The fourth-order valence-corrected chi connectivity index (χ4v) is 2.41. The van der Waals surface area contributed by atoms with Crippen LogP contribution in [0.2, 0.25) is 0 Å². The van der Waals surface area contributed by atoms with Gasteiger partial charge in [0.2, 0.25) is 0 Å². The molecule has 3 heteroatoms. The number of benzene rings is 1. The van der Waals surface area contributed by atoms with E-state index in [0.29, 0.717) is 0 Å². The summed E-state index contributed by atoms with van der Waals surface area (Å²) in [5, 5.41) is 7.59. The molecule has 0 amide bonds. The molecule has 0 bridgehead atoms. The number of thiophene rings is 1. The summed E-state index contributed by atoms with van der Waals surface area (Å²) < 4.78 is 12.9. The standard InChI is InChI=1S/C13H14FNS/c1-2-15-13(11-7-8-16-9-11)10-3-5-12(14)6-4-10/h3-9,13,15H,2H2,1H3. The molecule has 1 heterocycles. The number of nitrogens with one attached hydrogen (secondary N) is 1. The van der Waals surface area contributed by atoms with E-state index in [0.717, 1.165) is 12.1 Å². The van der Waals surface area contributed by atoms with Crippen LogP contribution in [-0.4, -0.2) is 6.54 Å². The highest BCUT2D eigenvalue weighted by Gasteiger charge is 2.12. The van der Waals surface area contributed by atoms with E-state index in [2.05, 4.69) is 29.1 Å². The highest BCUT2D eigenvalue weighted by atomic mass is 32.1. The van der Waals surface area contributed by atoms with Crippen molar-refractivity contribution in [2.24, 2.45) is 0 Å². The third-order valence-electron chi connectivity index (χ3n) is 2.49. The molecule has 1 nitrogen and oxygen atoms in total. The van der Waals surface area contributed by atoms with Crippen LogP contribution in [-0.2, 0) is 0 Å². The Bertz CT molecular complexity index is 422. The van der Waals surface area contributed by atoms with Crippen molar-refractivity contribution >= 4 is 11.3 Å². The summed E-state index contributed by atoms with van der Waals surface area (Å²) >= 11 is 1.68. The second kappa shape index (κ2) is 5.23. The fraction of sp³-hybridized carbons (Fsp3) is 0.231. The lowest BCUT2D eigenvalue weighted by Crippen LogP contribution is -2.21. The first kappa shape index (κ1) is 11.3. The molecule has 1 atom stereocenters. The van der Waals surface area contributed by atoms with Gasteiger partial charge in [-0.25, -0.2) is 4.39 Å². The maximum absolute atomic E-state index is 12.9. The van der Waals surface area contributed by atoms with Crippen LogP contribution in [0.15, 0.2) is 41.1 Å². The third-order valence-corrected chi connectivity index (χ3v) is 3.19. The predicted octanol–water partition coefficient (Wildman–Crippen LogP) is 3.59. The van der Waals surface area contributed by atoms with Crippen LogP contribution in [0.1, 0.15) is 24.1 Å². The molecule has 0 spiro atoms. The first-order valence-corrected chi connectivity index (χ1v) is 6.26. The van der Waals surface area contributed by atoms with Crippen molar-refractivity contribution in [3.63, 3.8) is 0 Å². The number of hydrogen-bond acceptors (Lipinski definition) is 2. The minimum atomic E-state index is -0.190. The molecule has 0 aliphatic rings. The van der Waals surface area contributed by atoms with Gasteiger partial charge in [-0.3, -0.25) is 0 Å². The summed E-state index contributed by atoms with van der Waals surface area (Å²) in [6, 6.07) is 8.94. The Labute approximate surface area is 98.9 Å². The average Bonchev–Trinajstić information content (AvgIpc) is 2.81. The maximum Gasteiger partial charge on any atom is 0.123 e. The van der Waals surface area contributed by atoms with E-state index >= 15 is 0 Å². The number of halogens is 1. The van der Waals surface area contributed by atoms with Gasteiger partial charge in [0, 0.05) is 0 Å². The third kappa shape index (κ3) is 2.49. The monoisotopic (exact) mass is 235 g/mol. The first-order valence-electron chi connectivity index (χ1n) is 5.32. The molecule has 16 heavy (non-hydrogen) atoms. The number of hydrogen-bond donors (Lipinski definition) is 1. The molecule has 1 N–H and O–H groups in total. The molecule has 84 valence electrons. The van der Waals surface area contributed by atoms with Crippen molar-refractivity contribution in [2.45, 2.75) is 13.0 Å². The van der Waals surface area contributed by atoms with E-state index in [-0.39, 0.29) is 11.9 Å². The molecule has 1 aromatic carbocycles. The lowest BCUT2D eigenvalue weighted by atomic mass is 10.0. The van der Waals surface area contributed by atoms with Gasteiger partial charge in [-0.15, -0.1) is 0 Å². The van der Waals surface area contributed by atoms with Gasteiger partial charge in [0.05, 0.1) is 6.04 Å². The van der Waals surface area contributed by atoms with E-state index in [1.54, 1.807) is 11.3 Å². The molecule has 1 unspecified atom stereocenters. The molecule has 2 rings (SSSR count). The SMILES string of the molecule is CCNC(c1ccc(F)cc1)c1ccsc1. The molecule has 0 saturated carbocycles. The highest BCUT2D eigenvalue weighted by Crippen LogP contribution is 2.24. The molecule has 0 aliphatic heterocycles. The lowest BCUT2D eigenvalue weighted by Gasteiger charge is -2.17. The van der Waals surface area contributed by atoms with E-state index in [1.165, 1.54) is 17.7 Å². The topological polar surface area (TPSA) is 12.0 Å². The summed E-state index contributed by atoms with van der Waals surface area (Å²) in [5.74, 6) is -0.190. The van der Waals surface area contributed by atoms with Crippen LogP contribution >= 0.6 is 11.3 Å². The summed E-state index contributed by atoms with van der Waals surface area (Å²) in [4.78, 5) is 0. The zero-order valence-electron chi connectivity index (χ0n) is 9.11. The van der Waals surface area contributed by atoms with Crippen molar-refractivity contribution in [3.8, 4) is 0 Å². The molecular weight excluding hydrogens is 221 g/mol. The Hall–Kier alpha value is -1.19. The van der Waals surface area contributed by atoms with Crippen molar-refractivity contribution in [3.05, 3.63) is 58.0 Å². The van der Waals surface area contributed by atoms with Gasteiger partial charge in [-0.2, -0.15) is 11.3 Å². The fourth-order valence-electron chi connectivity index (χ4n) is 1.73. The average molecular weight is 235 g/mol. The lowest BCUT2D eigenvalue weighted by molar-refractivity contribution is 0.614. The number of rotatable bonds is 4. The van der Waals surface area contributed by atoms with Crippen LogP contribution in [0.25, 0.3) is 0 Å². The van der Waals surface area contributed by atoms with Crippen molar-refractivity contribution in [1.29, 1.82) is 0 Å². The van der Waals surface area contributed by atoms with Crippen molar-refractivity contribution in [2.75, 3.05) is 6.54 Å². The first-order chi connectivity index (χ1) is 7.81. The van der Waals surface area contributed by atoms with E-state index in [1.807, 2.05) is 12.1 Å². The Morgan fingerprint density at radius 1 is 1.19 bits per heavy atom. The van der Waals surface area contributed by atoms with Gasteiger partial charge in [0.25, 0.3) is 0 Å². The molecule has 2 aromatic rings. The minimum Gasteiger partial charge on any atom is -0.307 e. The maximum atomic E-state index is 12.9. The van der Waals surface area contributed by atoms with E-state index in [4.69, 9.17) is 0 Å². The van der Waals surface area contributed by atoms with Crippen LogP contribution in [0, 0.1) is 5.82 Å². The van der Waals surface area contributed by atoms with Crippen LogP contribution in [0.5, 0.6) is 0 Å². The van der Waals surface area contributed by atoms with Crippen molar-refractivity contribution < 1.29 is 4.39 Å².